The maximum atomic E-state index is 11.5. The Labute approximate surface area is 106 Å². The second-order valence-electron chi connectivity index (χ2n) is 3.85. The van der Waals surface area contributed by atoms with E-state index in [1.165, 1.54) is 5.56 Å². The molecule has 0 aliphatic rings. The summed E-state index contributed by atoms with van der Waals surface area (Å²) >= 11 is 0. The molecule has 0 fully saturated rings. The van der Waals surface area contributed by atoms with Gasteiger partial charge in [-0.2, -0.15) is 0 Å². The average molecular weight is 242 g/mol. The quantitative estimate of drug-likeness (QED) is 0.776. The topological polar surface area (TPSA) is 52.1 Å². The van der Waals surface area contributed by atoms with Crippen molar-refractivity contribution >= 4 is 5.97 Å². The Kier molecular flexibility index (Phi) is 3.67. The van der Waals surface area contributed by atoms with Gasteiger partial charge in [0.25, 0.3) is 0 Å². The van der Waals surface area contributed by atoms with Crippen LogP contribution in [0.3, 0.4) is 0 Å². The molecular formula is C14H14N2O2. The zero-order valence-corrected chi connectivity index (χ0v) is 10.4. The summed E-state index contributed by atoms with van der Waals surface area (Å²) in [6, 6.07) is 9.70. The first-order valence-electron chi connectivity index (χ1n) is 5.78. The number of aromatic nitrogens is 2. The molecule has 0 spiro atoms. The minimum atomic E-state index is -0.494. The third kappa shape index (κ3) is 2.71. The summed E-state index contributed by atoms with van der Waals surface area (Å²) in [6.45, 7) is 4.09. The maximum absolute atomic E-state index is 11.5. The molecule has 0 saturated carbocycles. The van der Waals surface area contributed by atoms with Gasteiger partial charge in [0.2, 0.25) is 5.82 Å². The van der Waals surface area contributed by atoms with E-state index >= 15 is 0 Å². The summed E-state index contributed by atoms with van der Waals surface area (Å²) in [5.74, 6) is -0.401. The molecule has 0 amide bonds. The summed E-state index contributed by atoms with van der Waals surface area (Å²) in [4.78, 5) is 19.7. The number of benzene rings is 1. The number of esters is 1. The van der Waals surface area contributed by atoms with Crippen molar-refractivity contribution in [1.82, 2.24) is 9.97 Å². The first kappa shape index (κ1) is 12.2. The molecule has 92 valence electrons. The minimum absolute atomic E-state index is 0.0925. The highest BCUT2D eigenvalue weighted by molar-refractivity contribution is 5.85. The molecule has 1 aromatic heterocycles. The molecule has 0 aliphatic heterocycles. The van der Waals surface area contributed by atoms with Crippen LogP contribution in [0.5, 0.6) is 0 Å². The lowest BCUT2D eigenvalue weighted by Gasteiger charge is -2.04. The number of hydrogen-bond acceptors (Lipinski definition) is 4. The third-order valence-corrected chi connectivity index (χ3v) is 2.46. The zero-order valence-electron chi connectivity index (χ0n) is 10.4. The van der Waals surface area contributed by atoms with Crippen LogP contribution in [0.2, 0.25) is 0 Å². The van der Waals surface area contributed by atoms with Gasteiger partial charge in [0.1, 0.15) is 0 Å². The van der Waals surface area contributed by atoms with Gasteiger partial charge in [0, 0.05) is 11.8 Å². The van der Waals surface area contributed by atoms with Crippen molar-refractivity contribution in [2.45, 2.75) is 13.8 Å². The van der Waals surface area contributed by atoms with Gasteiger partial charge in [-0.25, -0.2) is 14.8 Å². The first-order chi connectivity index (χ1) is 8.70. The first-order valence-corrected chi connectivity index (χ1v) is 5.78. The molecule has 1 heterocycles. The Morgan fingerprint density at radius 3 is 2.61 bits per heavy atom. The summed E-state index contributed by atoms with van der Waals surface area (Å²) in [5, 5.41) is 0. The molecule has 0 radical (unpaired) electrons. The second kappa shape index (κ2) is 5.40. The van der Waals surface area contributed by atoms with E-state index in [0.717, 1.165) is 5.56 Å². The largest absolute Gasteiger partial charge is 0.460 e. The van der Waals surface area contributed by atoms with Crippen LogP contribution < -0.4 is 0 Å². The van der Waals surface area contributed by atoms with Gasteiger partial charge in [-0.3, -0.25) is 0 Å². The molecule has 0 aliphatic carbocycles. The van der Waals surface area contributed by atoms with E-state index in [4.69, 9.17) is 4.74 Å². The van der Waals surface area contributed by atoms with Gasteiger partial charge >= 0.3 is 5.97 Å². The van der Waals surface area contributed by atoms with E-state index in [9.17, 15) is 4.79 Å². The van der Waals surface area contributed by atoms with Crippen molar-refractivity contribution in [2.24, 2.45) is 0 Å². The van der Waals surface area contributed by atoms with E-state index in [2.05, 4.69) is 9.97 Å². The highest BCUT2D eigenvalue weighted by atomic mass is 16.5. The van der Waals surface area contributed by atoms with Gasteiger partial charge in [0.15, 0.2) is 0 Å². The van der Waals surface area contributed by atoms with Crippen LogP contribution in [0.1, 0.15) is 23.1 Å². The van der Waals surface area contributed by atoms with Crippen molar-refractivity contribution < 1.29 is 9.53 Å². The Morgan fingerprint density at radius 2 is 1.94 bits per heavy atom. The number of ether oxygens (including phenoxy) is 1. The van der Waals surface area contributed by atoms with Gasteiger partial charge < -0.3 is 4.74 Å². The van der Waals surface area contributed by atoms with Gasteiger partial charge in [-0.15, -0.1) is 0 Å². The molecule has 1 aromatic carbocycles. The SMILES string of the molecule is CCOC(=O)c1nccc(-c2ccc(C)cc2)n1. The summed E-state index contributed by atoms with van der Waals surface area (Å²) in [6.07, 6.45) is 1.56. The number of rotatable bonds is 3. The highest BCUT2D eigenvalue weighted by Crippen LogP contribution is 2.17. The van der Waals surface area contributed by atoms with E-state index in [1.54, 1.807) is 19.2 Å². The van der Waals surface area contributed by atoms with E-state index in [1.807, 2.05) is 31.2 Å². The molecule has 18 heavy (non-hydrogen) atoms. The Hall–Kier alpha value is -2.23. The standard InChI is InChI=1S/C14H14N2O2/c1-3-18-14(17)13-15-9-8-12(16-13)11-6-4-10(2)5-7-11/h4-9H,3H2,1-2H3. The molecule has 0 atom stereocenters. The summed E-state index contributed by atoms with van der Waals surface area (Å²) in [7, 11) is 0. The van der Waals surface area contributed by atoms with Crippen LogP contribution in [-0.2, 0) is 4.74 Å². The number of nitrogens with zero attached hydrogens (tertiary/aromatic N) is 2. The van der Waals surface area contributed by atoms with Crippen molar-refractivity contribution in [3.63, 3.8) is 0 Å². The van der Waals surface area contributed by atoms with Crippen molar-refractivity contribution in [3.8, 4) is 11.3 Å². The molecule has 0 saturated heterocycles. The Bertz CT molecular complexity index is 550. The van der Waals surface area contributed by atoms with Crippen molar-refractivity contribution in [3.05, 3.63) is 47.9 Å². The lowest BCUT2D eigenvalue weighted by atomic mass is 10.1. The van der Waals surface area contributed by atoms with E-state index < -0.39 is 5.97 Å². The molecule has 2 aromatic rings. The number of carbonyl (C=O) groups is 1. The van der Waals surface area contributed by atoms with Gasteiger partial charge in [-0.1, -0.05) is 29.8 Å². The van der Waals surface area contributed by atoms with Crippen molar-refractivity contribution in [2.75, 3.05) is 6.61 Å². The smallest absolute Gasteiger partial charge is 0.376 e. The third-order valence-electron chi connectivity index (χ3n) is 2.46. The van der Waals surface area contributed by atoms with Gasteiger partial charge in [-0.05, 0) is 19.9 Å². The summed E-state index contributed by atoms with van der Waals surface area (Å²) < 4.78 is 4.87. The second-order valence-corrected chi connectivity index (χ2v) is 3.85. The maximum Gasteiger partial charge on any atom is 0.376 e. The fraction of sp³-hybridized carbons (Fsp3) is 0.214. The molecule has 0 N–H and O–H groups in total. The summed E-state index contributed by atoms with van der Waals surface area (Å²) in [5.41, 5.74) is 2.85. The number of hydrogen-bond donors (Lipinski definition) is 0. The normalized spacial score (nSPS) is 10.1. The predicted octanol–water partition coefficient (Wildman–Crippen LogP) is 2.63. The molecule has 4 nitrogen and oxygen atoms in total. The van der Waals surface area contributed by atoms with Crippen molar-refractivity contribution in [1.29, 1.82) is 0 Å². The molecular weight excluding hydrogens is 228 g/mol. The Balaban J connectivity index is 2.32. The fourth-order valence-corrected chi connectivity index (χ4v) is 1.54. The lowest BCUT2D eigenvalue weighted by molar-refractivity contribution is 0.0512. The minimum Gasteiger partial charge on any atom is -0.460 e. The molecule has 2 rings (SSSR count). The monoisotopic (exact) mass is 242 g/mol. The van der Waals surface area contributed by atoms with Crippen LogP contribution in [0.25, 0.3) is 11.3 Å². The fourth-order valence-electron chi connectivity index (χ4n) is 1.54. The number of aryl methyl sites for hydroxylation is 1. The Morgan fingerprint density at radius 1 is 1.22 bits per heavy atom. The molecule has 4 heteroatoms. The van der Waals surface area contributed by atoms with Gasteiger partial charge in [0.05, 0.1) is 12.3 Å². The van der Waals surface area contributed by atoms with Crippen LogP contribution in [0, 0.1) is 6.92 Å². The van der Waals surface area contributed by atoms with E-state index in [-0.39, 0.29) is 5.82 Å². The van der Waals surface area contributed by atoms with E-state index in [0.29, 0.717) is 12.3 Å². The van der Waals surface area contributed by atoms with Crippen LogP contribution in [-0.4, -0.2) is 22.5 Å². The molecule has 0 bridgehead atoms. The lowest BCUT2D eigenvalue weighted by Crippen LogP contribution is -2.09. The predicted molar refractivity (Wildman–Crippen MR) is 68.2 cm³/mol. The molecule has 0 unspecified atom stereocenters. The van der Waals surface area contributed by atoms with Crippen LogP contribution in [0.4, 0.5) is 0 Å². The average Bonchev–Trinajstić information content (AvgIpc) is 2.40. The van der Waals surface area contributed by atoms with Crippen LogP contribution in [0.15, 0.2) is 36.5 Å². The van der Waals surface area contributed by atoms with Crippen LogP contribution >= 0.6 is 0 Å². The highest BCUT2D eigenvalue weighted by Gasteiger charge is 2.11. The number of carbonyl (C=O) groups excluding carboxylic acids is 1. The zero-order chi connectivity index (χ0) is 13.0.